The van der Waals surface area contributed by atoms with Gasteiger partial charge >= 0.3 is 0 Å². The summed E-state index contributed by atoms with van der Waals surface area (Å²) in [6.45, 7) is 2.71. The summed E-state index contributed by atoms with van der Waals surface area (Å²) >= 11 is 0. The van der Waals surface area contributed by atoms with Gasteiger partial charge in [-0.2, -0.15) is 0 Å². The van der Waals surface area contributed by atoms with Crippen molar-refractivity contribution in [1.29, 1.82) is 0 Å². The van der Waals surface area contributed by atoms with E-state index in [2.05, 4.69) is 21.8 Å². The fourth-order valence-corrected chi connectivity index (χ4v) is 3.43. The molecule has 0 bridgehead atoms. The van der Waals surface area contributed by atoms with Gasteiger partial charge in [0.05, 0.1) is 17.6 Å². The van der Waals surface area contributed by atoms with Crippen molar-refractivity contribution in [1.82, 2.24) is 4.98 Å². The van der Waals surface area contributed by atoms with E-state index >= 15 is 0 Å². The van der Waals surface area contributed by atoms with Crippen molar-refractivity contribution in [3.8, 4) is 0 Å². The van der Waals surface area contributed by atoms with Crippen LogP contribution in [0.4, 0.5) is 11.5 Å². The third kappa shape index (κ3) is 5.56. The Morgan fingerprint density at radius 3 is 2.48 bits per heavy atom. The van der Waals surface area contributed by atoms with Crippen LogP contribution >= 0.6 is 0 Å². The van der Waals surface area contributed by atoms with E-state index in [0.29, 0.717) is 12.1 Å². The molecule has 23 heavy (non-hydrogen) atoms. The molecule has 1 N–H and O–H groups in total. The van der Waals surface area contributed by atoms with Gasteiger partial charge in [0.15, 0.2) is 0 Å². The van der Waals surface area contributed by atoms with Crippen LogP contribution in [-0.4, -0.2) is 26.2 Å². The number of rotatable bonds is 8. The summed E-state index contributed by atoms with van der Waals surface area (Å²) in [5.74, 6) is 0.935. The highest BCUT2D eigenvalue weighted by molar-refractivity contribution is 7.92. The predicted molar refractivity (Wildman–Crippen MR) is 95.1 cm³/mol. The maximum absolute atomic E-state index is 11.9. The van der Waals surface area contributed by atoms with Gasteiger partial charge < -0.3 is 4.90 Å². The molecule has 0 atom stereocenters. The van der Waals surface area contributed by atoms with Crippen molar-refractivity contribution in [3.63, 3.8) is 0 Å². The van der Waals surface area contributed by atoms with Gasteiger partial charge in [0, 0.05) is 13.6 Å². The van der Waals surface area contributed by atoms with Crippen molar-refractivity contribution in [2.75, 3.05) is 22.4 Å². The van der Waals surface area contributed by atoms with Crippen LogP contribution in [-0.2, 0) is 16.6 Å². The molecule has 124 valence electrons. The molecule has 5 nitrogen and oxygen atoms in total. The van der Waals surface area contributed by atoms with Gasteiger partial charge in [-0.1, -0.05) is 43.7 Å². The quantitative estimate of drug-likeness (QED) is 0.805. The average molecular weight is 333 g/mol. The predicted octanol–water partition coefficient (Wildman–Crippen LogP) is 3.26. The molecular weight excluding hydrogens is 310 g/mol. The highest BCUT2D eigenvalue weighted by atomic mass is 32.2. The Bertz CT molecular complexity index is 700. The minimum Gasteiger partial charge on any atom is -0.355 e. The van der Waals surface area contributed by atoms with E-state index in [4.69, 9.17) is 0 Å². The molecule has 0 amide bonds. The van der Waals surface area contributed by atoms with Gasteiger partial charge in [0.1, 0.15) is 5.82 Å². The molecule has 0 saturated carbocycles. The number of unbranched alkanes of at least 4 members (excludes halogenated alkanes) is 1. The SMILES string of the molecule is CCCCS(=O)(=O)Nc1ccc(N(C)Cc2ccccc2)nc1. The Labute approximate surface area is 138 Å². The number of anilines is 2. The van der Waals surface area contributed by atoms with Gasteiger partial charge in [-0.15, -0.1) is 0 Å². The van der Waals surface area contributed by atoms with Crippen LogP contribution in [0.3, 0.4) is 0 Å². The van der Waals surface area contributed by atoms with Gasteiger partial charge in [0.2, 0.25) is 10.0 Å². The molecule has 0 aliphatic rings. The first-order chi connectivity index (χ1) is 11.0. The molecule has 1 heterocycles. The fourth-order valence-electron chi connectivity index (χ4n) is 2.18. The summed E-state index contributed by atoms with van der Waals surface area (Å²) in [7, 11) is -1.32. The molecule has 0 aliphatic carbocycles. The third-order valence-corrected chi connectivity index (χ3v) is 4.81. The summed E-state index contributed by atoms with van der Waals surface area (Å²) in [5.41, 5.74) is 1.69. The molecule has 6 heteroatoms. The Hall–Kier alpha value is -2.08. The molecule has 2 rings (SSSR count). The minimum absolute atomic E-state index is 0.138. The number of benzene rings is 1. The van der Waals surface area contributed by atoms with Crippen LogP contribution in [0.5, 0.6) is 0 Å². The molecule has 2 aromatic rings. The second-order valence-corrected chi connectivity index (χ2v) is 7.36. The lowest BCUT2D eigenvalue weighted by Crippen LogP contribution is -2.19. The summed E-state index contributed by atoms with van der Waals surface area (Å²) in [5, 5.41) is 0. The first-order valence-electron chi connectivity index (χ1n) is 7.72. The van der Waals surface area contributed by atoms with Crippen LogP contribution in [0.2, 0.25) is 0 Å². The van der Waals surface area contributed by atoms with Crippen LogP contribution in [0.1, 0.15) is 25.3 Å². The zero-order valence-corrected chi connectivity index (χ0v) is 14.4. The number of nitrogens with one attached hydrogen (secondary N) is 1. The number of nitrogens with zero attached hydrogens (tertiary/aromatic N) is 2. The van der Waals surface area contributed by atoms with E-state index < -0.39 is 10.0 Å². The van der Waals surface area contributed by atoms with E-state index in [0.717, 1.165) is 18.8 Å². The number of hydrogen-bond donors (Lipinski definition) is 1. The number of pyridine rings is 1. The van der Waals surface area contributed by atoms with Crippen molar-refractivity contribution >= 4 is 21.5 Å². The van der Waals surface area contributed by atoms with Gasteiger partial charge in [-0.3, -0.25) is 4.72 Å². The molecule has 1 aromatic carbocycles. The van der Waals surface area contributed by atoms with Crippen LogP contribution in [0, 0.1) is 0 Å². The summed E-state index contributed by atoms with van der Waals surface area (Å²) in [6, 6.07) is 13.7. The maximum Gasteiger partial charge on any atom is 0.232 e. The van der Waals surface area contributed by atoms with Crippen molar-refractivity contribution in [2.45, 2.75) is 26.3 Å². The Balaban J connectivity index is 1.99. The number of sulfonamides is 1. The minimum atomic E-state index is -3.28. The first-order valence-corrected chi connectivity index (χ1v) is 9.37. The fraction of sp³-hybridized carbons (Fsp3) is 0.353. The highest BCUT2D eigenvalue weighted by Gasteiger charge is 2.10. The van der Waals surface area contributed by atoms with E-state index in [1.807, 2.05) is 43.1 Å². The molecule has 1 aromatic heterocycles. The van der Waals surface area contributed by atoms with E-state index in [1.54, 1.807) is 12.3 Å². The van der Waals surface area contributed by atoms with E-state index in [1.165, 1.54) is 5.56 Å². The number of aromatic nitrogens is 1. The van der Waals surface area contributed by atoms with Crippen molar-refractivity contribution < 1.29 is 8.42 Å². The zero-order valence-electron chi connectivity index (χ0n) is 13.6. The topological polar surface area (TPSA) is 62.3 Å². The van der Waals surface area contributed by atoms with Gasteiger partial charge in [0.25, 0.3) is 0 Å². The highest BCUT2D eigenvalue weighted by Crippen LogP contribution is 2.16. The van der Waals surface area contributed by atoms with E-state index in [9.17, 15) is 8.42 Å². The lowest BCUT2D eigenvalue weighted by Gasteiger charge is -2.18. The average Bonchev–Trinajstić information content (AvgIpc) is 2.54. The summed E-state index contributed by atoms with van der Waals surface area (Å²) in [6.07, 6.45) is 3.06. The largest absolute Gasteiger partial charge is 0.355 e. The van der Waals surface area contributed by atoms with E-state index in [-0.39, 0.29) is 5.75 Å². The smallest absolute Gasteiger partial charge is 0.232 e. The molecule has 0 spiro atoms. The van der Waals surface area contributed by atoms with Gasteiger partial charge in [-0.05, 0) is 24.1 Å². The Morgan fingerprint density at radius 1 is 1.13 bits per heavy atom. The zero-order chi connectivity index (χ0) is 16.7. The number of hydrogen-bond acceptors (Lipinski definition) is 4. The van der Waals surface area contributed by atoms with Gasteiger partial charge in [-0.25, -0.2) is 13.4 Å². The van der Waals surface area contributed by atoms with Crippen molar-refractivity contribution in [2.24, 2.45) is 0 Å². The van der Waals surface area contributed by atoms with Crippen molar-refractivity contribution in [3.05, 3.63) is 54.2 Å². The second-order valence-electron chi connectivity index (χ2n) is 5.52. The molecular formula is C17H23N3O2S. The lowest BCUT2D eigenvalue weighted by atomic mass is 10.2. The summed E-state index contributed by atoms with van der Waals surface area (Å²) in [4.78, 5) is 6.36. The van der Waals surface area contributed by atoms with Crippen LogP contribution in [0.25, 0.3) is 0 Å². The molecule has 0 saturated heterocycles. The standard InChI is InChI=1S/C17H23N3O2S/c1-3-4-12-23(21,22)19-16-10-11-17(18-13-16)20(2)14-15-8-6-5-7-9-15/h5-11,13,19H,3-4,12,14H2,1-2H3. The van der Waals surface area contributed by atoms with Crippen LogP contribution in [0.15, 0.2) is 48.7 Å². The second kappa shape index (κ2) is 7.97. The molecule has 0 unspecified atom stereocenters. The third-order valence-electron chi connectivity index (χ3n) is 3.44. The first kappa shape index (κ1) is 17.3. The van der Waals surface area contributed by atoms with Crippen LogP contribution < -0.4 is 9.62 Å². The summed E-state index contributed by atoms with van der Waals surface area (Å²) < 4.78 is 26.3. The monoisotopic (exact) mass is 333 g/mol. The lowest BCUT2D eigenvalue weighted by molar-refractivity contribution is 0.598. The Kier molecular flexibility index (Phi) is 5.98. The molecule has 0 fully saturated rings. The molecule has 0 radical (unpaired) electrons. The molecule has 0 aliphatic heterocycles. The Morgan fingerprint density at radius 2 is 1.87 bits per heavy atom. The maximum atomic E-state index is 11.9. The normalized spacial score (nSPS) is 11.2.